The van der Waals surface area contributed by atoms with Gasteiger partial charge in [-0.15, -0.1) is 0 Å². The summed E-state index contributed by atoms with van der Waals surface area (Å²) in [6.07, 6.45) is 3.75. The number of nitrogens with two attached hydrogens (primary N) is 1. The van der Waals surface area contributed by atoms with Crippen LogP contribution in [0.5, 0.6) is 0 Å². The first-order chi connectivity index (χ1) is 8.49. The molecule has 2 N–H and O–H groups in total. The molecule has 1 saturated heterocycles. The van der Waals surface area contributed by atoms with Crippen molar-refractivity contribution in [3.05, 3.63) is 29.8 Å². The molecule has 0 aliphatic carbocycles. The Kier molecular flexibility index (Phi) is 3.91. The lowest BCUT2D eigenvalue weighted by Gasteiger charge is -2.26. The number of anilines is 1. The number of thiocarbonyl (C=S) groups is 1. The van der Waals surface area contributed by atoms with Gasteiger partial charge in [-0.1, -0.05) is 38.2 Å². The smallest absolute Gasteiger partial charge is 0.106 e. The van der Waals surface area contributed by atoms with Gasteiger partial charge in [0.2, 0.25) is 0 Å². The average molecular weight is 262 g/mol. The maximum Gasteiger partial charge on any atom is 0.106 e. The Bertz CT molecular complexity index is 440. The van der Waals surface area contributed by atoms with Crippen LogP contribution in [0.15, 0.2) is 24.3 Å². The number of hydrogen-bond acceptors (Lipinski definition) is 2. The van der Waals surface area contributed by atoms with Crippen LogP contribution in [-0.2, 0) is 0 Å². The Morgan fingerprint density at radius 2 is 1.94 bits per heavy atom. The van der Waals surface area contributed by atoms with E-state index < -0.39 is 0 Å². The molecule has 1 aliphatic heterocycles. The number of hydrogen-bond donors (Lipinski definition) is 1. The highest BCUT2D eigenvalue weighted by atomic mass is 32.1. The van der Waals surface area contributed by atoms with Gasteiger partial charge in [0.1, 0.15) is 4.99 Å². The standard InChI is InChI=1S/C15H22N2S/c1-15(2)8-5-10-17(11-9-15)13-7-4-3-6-12(13)14(16)18/h3-4,6-7H,5,8-11H2,1-2H3,(H2,16,18). The van der Waals surface area contributed by atoms with E-state index in [0.29, 0.717) is 10.4 Å². The molecule has 0 radical (unpaired) electrons. The van der Waals surface area contributed by atoms with Crippen LogP contribution in [0.3, 0.4) is 0 Å². The summed E-state index contributed by atoms with van der Waals surface area (Å²) in [6.45, 7) is 6.90. The molecule has 0 bridgehead atoms. The van der Waals surface area contributed by atoms with Crippen LogP contribution >= 0.6 is 12.2 Å². The summed E-state index contributed by atoms with van der Waals surface area (Å²) in [5, 5.41) is 0. The summed E-state index contributed by atoms with van der Waals surface area (Å²) in [4.78, 5) is 2.93. The third-order valence-corrected chi connectivity index (χ3v) is 4.07. The third-order valence-electron chi connectivity index (χ3n) is 3.85. The molecule has 2 rings (SSSR count). The van der Waals surface area contributed by atoms with Crippen molar-refractivity contribution in [1.29, 1.82) is 0 Å². The molecule has 0 spiro atoms. The van der Waals surface area contributed by atoms with Gasteiger partial charge < -0.3 is 10.6 Å². The fourth-order valence-corrected chi connectivity index (χ4v) is 2.79. The van der Waals surface area contributed by atoms with Gasteiger partial charge in [0.25, 0.3) is 0 Å². The van der Waals surface area contributed by atoms with Gasteiger partial charge in [0.15, 0.2) is 0 Å². The van der Waals surface area contributed by atoms with Crippen molar-refractivity contribution in [1.82, 2.24) is 0 Å². The Labute approximate surface area is 115 Å². The molecule has 1 aromatic carbocycles. The number of rotatable bonds is 2. The lowest BCUT2D eigenvalue weighted by molar-refractivity contribution is 0.325. The molecule has 98 valence electrons. The van der Waals surface area contributed by atoms with E-state index in [-0.39, 0.29) is 0 Å². The first kappa shape index (κ1) is 13.3. The van der Waals surface area contributed by atoms with Gasteiger partial charge in [-0.25, -0.2) is 0 Å². The molecular weight excluding hydrogens is 240 g/mol. The Balaban J connectivity index is 2.24. The van der Waals surface area contributed by atoms with Crippen molar-refractivity contribution in [3.8, 4) is 0 Å². The highest BCUT2D eigenvalue weighted by Crippen LogP contribution is 2.32. The SMILES string of the molecule is CC1(C)CCCN(c2ccccc2C(N)=S)CC1. The Morgan fingerprint density at radius 3 is 2.67 bits per heavy atom. The fraction of sp³-hybridized carbons (Fsp3) is 0.533. The minimum Gasteiger partial charge on any atom is -0.389 e. The summed E-state index contributed by atoms with van der Waals surface area (Å²) < 4.78 is 0. The zero-order chi connectivity index (χ0) is 13.2. The van der Waals surface area contributed by atoms with E-state index >= 15 is 0 Å². The first-order valence-electron chi connectivity index (χ1n) is 6.63. The molecule has 1 aromatic rings. The number of benzene rings is 1. The number of nitrogens with zero attached hydrogens (tertiary/aromatic N) is 1. The molecule has 0 unspecified atom stereocenters. The largest absolute Gasteiger partial charge is 0.389 e. The van der Waals surface area contributed by atoms with Gasteiger partial charge in [-0.2, -0.15) is 0 Å². The van der Waals surface area contributed by atoms with Gasteiger partial charge >= 0.3 is 0 Å². The van der Waals surface area contributed by atoms with E-state index in [1.807, 2.05) is 12.1 Å². The van der Waals surface area contributed by atoms with Crippen molar-refractivity contribution in [2.75, 3.05) is 18.0 Å². The van der Waals surface area contributed by atoms with E-state index in [1.165, 1.54) is 24.9 Å². The first-order valence-corrected chi connectivity index (χ1v) is 7.04. The minimum absolute atomic E-state index is 0.451. The molecule has 0 aromatic heterocycles. The second-order valence-electron chi connectivity index (χ2n) is 5.89. The van der Waals surface area contributed by atoms with Gasteiger partial charge in [0.05, 0.1) is 0 Å². The van der Waals surface area contributed by atoms with Gasteiger partial charge in [-0.05, 0) is 36.8 Å². The third kappa shape index (κ3) is 3.02. The molecule has 0 amide bonds. The summed E-state index contributed by atoms with van der Waals surface area (Å²) in [7, 11) is 0. The zero-order valence-electron chi connectivity index (χ0n) is 11.3. The predicted molar refractivity (Wildman–Crippen MR) is 82.2 cm³/mol. The maximum absolute atomic E-state index is 5.82. The summed E-state index contributed by atoms with van der Waals surface area (Å²) in [5.74, 6) is 0. The topological polar surface area (TPSA) is 29.3 Å². The highest BCUT2D eigenvalue weighted by molar-refractivity contribution is 7.80. The quantitative estimate of drug-likeness (QED) is 0.829. The lowest BCUT2D eigenvalue weighted by atomic mass is 9.85. The average Bonchev–Trinajstić information content (AvgIpc) is 2.50. The van der Waals surface area contributed by atoms with Crippen molar-refractivity contribution >= 4 is 22.9 Å². The van der Waals surface area contributed by atoms with Crippen LogP contribution in [-0.4, -0.2) is 18.1 Å². The molecule has 18 heavy (non-hydrogen) atoms. The lowest BCUT2D eigenvalue weighted by Crippen LogP contribution is -2.27. The van der Waals surface area contributed by atoms with Gasteiger partial charge in [-0.3, -0.25) is 0 Å². The van der Waals surface area contributed by atoms with E-state index in [9.17, 15) is 0 Å². The minimum atomic E-state index is 0.451. The van der Waals surface area contributed by atoms with Crippen molar-refractivity contribution < 1.29 is 0 Å². The summed E-state index contributed by atoms with van der Waals surface area (Å²) in [5.41, 5.74) is 8.47. The van der Waals surface area contributed by atoms with Crippen LogP contribution in [0.2, 0.25) is 0 Å². The predicted octanol–water partition coefficient (Wildman–Crippen LogP) is 3.34. The fourth-order valence-electron chi connectivity index (χ4n) is 2.62. The molecular formula is C15H22N2S. The van der Waals surface area contributed by atoms with Crippen molar-refractivity contribution in [2.45, 2.75) is 33.1 Å². The van der Waals surface area contributed by atoms with Crippen LogP contribution in [0.25, 0.3) is 0 Å². The molecule has 0 saturated carbocycles. The van der Waals surface area contributed by atoms with E-state index in [2.05, 4.69) is 30.9 Å². The Hall–Kier alpha value is -1.09. The van der Waals surface area contributed by atoms with Crippen molar-refractivity contribution in [2.24, 2.45) is 11.1 Å². The number of para-hydroxylation sites is 1. The molecule has 1 aliphatic rings. The van der Waals surface area contributed by atoms with E-state index in [4.69, 9.17) is 18.0 Å². The van der Waals surface area contributed by atoms with Crippen LogP contribution in [0.4, 0.5) is 5.69 Å². The second kappa shape index (κ2) is 5.27. The van der Waals surface area contributed by atoms with Crippen LogP contribution in [0.1, 0.15) is 38.7 Å². The summed E-state index contributed by atoms with van der Waals surface area (Å²) >= 11 is 5.15. The zero-order valence-corrected chi connectivity index (χ0v) is 12.1. The second-order valence-corrected chi connectivity index (χ2v) is 6.33. The highest BCUT2D eigenvalue weighted by Gasteiger charge is 2.24. The van der Waals surface area contributed by atoms with E-state index in [1.54, 1.807) is 0 Å². The molecule has 1 fully saturated rings. The molecule has 1 heterocycles. The monoisotopic (exact) mass is 262 g/mol. The van der Waals surface area contributed by atoms with E-state index in [0.717, 1.165) is 18.7 Å². The molecule has 3 heteroatoms. The Morgan fingerprint density at radius 1 is 1.22 bits per heavy atom. The van der Waals surface area contributed by atoms with Crippen molar-refractivity contribution in [3.63, 3.8) is 0 Å². The van der Waals surface area contributed by atoms with Crippen LogP contribution < -0.4 is 10.6 Å². The molecule has 2 nitrogen and oxygen atoms in total. The maximum atomic E-state index is 5.82. The van der Waals surface area contributed by atoms with Crippen LogP contribution in [0, 0.1) is 5.41 Å². The normalized spacial score (nSPS) is 19.3. The summed E-state index contributed by atoms with van der Waals surface area (Å²) in [6, 6.07) is 8.22. The molecule has 0 atom stereocenters. The van der Waals surface area contributed by atoms with Gasteiger partial charge in [0, 0.05) is 24.3 Å².